The third kappa shape index (κ3) is 8.17. The van der Waals surface area contributed by atoms with Gasteiger partial charge in [0.2, 0.25) is 5.91 Å². The predicted octanol–water partition coefficient (Wildman–Crippen LogP) is 2.84. The molecule has 0 saturated carbocycles. The second-order valence-electron chi connectivity index (χ2n) is 6.17. The van der Waals surface area contributed by atoms with E-state index in [2.05, 4.69) is 5.32 Å². The van der Waals surface area contributed by atoms with Gasteiger partial charge in [-0.2, -0.15) is 0 Å². The van der Waals surface area contributed by atoms with Crippen LogP contribution in [0.1, 0.15) is 52.7 Å². The molecular formula is C16H25NO4. The third-order valence-electron chi connectivity index (χ3n) is 2.79. The normalized spacial score (nSPS) is 12.8. The van der Waals surface area contributed by atoms with E-state index in [9.17, 15) is 9.59 Å². The van der Waals surface area contributed by atoms with Gasteiger partial charge < -0.3 is 14.5 Å². The van der Waals surface area contributed by atoms with Gasteiger partial charge in [-0.3, -0.25) is 9.59 Å². The van der Waals surface area contributed by atoms with Crippen LogP contribution in [-0.4, -0.2) is 23.5 Å². The number of aryl methyl sites for hydroxylation is 1. The first kappa shape index (κ1) is 17.3. The first-order chi connectivity index (χ1) is 9.76. The Bertz CT molecular complexity index is 445. The minimum atomic E-state index is -0.510. The van der Waals surface area contributed by atoms with E-state index in [1.54, 1.807) is 6.26 Å². The summed E-state index contributed by atoms with van der Waals surface area (Å²) in [4.78, 5) is 23.3. The van der Waals surface area contributed by atoms with E-state index in [0.29, 0.717) is 0 Å². The number of nitrogens with one attached hydrogen (secondary N) is 1. The first-order valence-corrected chi connectivity index (χ1v) is 7.30. The molecule has 1 rings (SSSR count). The average Bonchev–Trinajstić information content (AvgIpc) is 2.85. The SMILES string of the molecule is CC(CCc1ccco1)NC(=O)CCC(=O)OC(C)(C)C. The van der Waals surface area contributed by atoms with Crippen LogP contribution in [0.15, 0.2) is 22.8 Å². The van der Waals surface area contributed by atoms with E-state index in [1.807, 2.05) is 39.8 Å². The highest BCUT2D eigenvalue weighted by Gasteiger charge is 2.17. The van der Waals surface area contributed by atoms with Crippen molar-refractivity contribution in [3.05, 3.63) is 24.2 Å². The lowest BCUT2D eigenvalue weighted by Crippen LogP contribution is -2.33. The van der Waals surface area contributed by atoms with Gasteiger partial charge in [0.15, 0.2) is 0 Å². The van der Waals surface area contributed by atoms with Gasteiger partial charge in [0, 0.05) is 18.9 Å². The average molecular weight is 295 g/mol. The molecule has 1 aromatic rings. The number of rotatable bonds is 7. The number of hydrogen-bond donors (Lipinski definition) is 1. The smallest absolute Gasteiger partial charge is 0.306 e. The van der Waals surface area contributed by atoms with Gasteiger partial charge in [0.05, 0.1) is 12.7 Å². The molecule has 0 aromatic carbocycles. The Labute approximate surface area is 126 Å². The highest BCUT2D eigenvalue weighted by Crippen LogP contribution is 2.09. The molecule has 21 heavy (non-hydrogen) atoms. The van der Waals surface area contributed by atoms with E-state index in [-0.39, 0.29) is 30.8 Å². The van der Waals surface area contributed by atoms with Crippen molar-refractivity contribution in [3.63, 3.8) is 0 Å². The Balaban J connectivity index is 2.19. The van der Waals surface area contributed by atoms with E-state index < -0.39 is 5.60 Å². The molecular weight excluding hydrogens is 270 g/mol. The molecule has 1 atom stereocenters. The maximum atomic E-state index is 11.7. The van der Waals surface area contributed by atoms with Crippen LogP contribution in [0.2, 0.25) is 0 Å². The fourth-order valence-electron chi connectivity index (χ4n) is 1.84. The Morgan fingerprint density at radius 3 is 2.62 bits per heavy atom. The summed E-state index contributed by atoms with van der Waals surface area (Å²) in [5.41, 5.74) is -0.510. The van der Waals surface area contributed by atoms with Gasteiger partial charge in [-0.15, -0.1) is 0 Å². The number of ether oxygens (including phenoxy) is 1. The van der Waals surface area contributed by atoms with Crippen molar-refractivity contribution in [3.8, 4) is 0 Å². The second-order valence-corrected chi connectivity index (χ2v) is 6.17. The third-order valence-corrected chi connectivity index (χ3v) is 2.79. The molecule has 0 radical (unpaired) electrons. The molecule has 1 N–H and O–H groups in total. The molecule has 1 amide bonds. The summed E-state index contributed by atoms with van der Waals surface area (Å²) in [5.74, 6) is 0.429. The molecule has 0 aliphatic carbocycles. The van der Waals surface area contributed by atoms with Crippen LogP contribution in [-0.2, 0) is 20.7 Å². The van der Waals surface area contributed by atoms with Crippen LogP contribution in [0.3, 0.4) is 0 Å². The fraction of sp³-hybridized carbons (Fsp3) is 0.625. The molecule has 5 nitrogen and oxygen atoms in total. The van der Waals surface area contributed by atoms with Gasteiger partial charge in [0.1, 0.15) is 11.4 Å². The Hall–Kier alpha value is -1.78. The lowest BCUT2D eigenvalue weighted by atomic mass is 10.1. The van der Waals surface area contributed by atoms with Crippen molar-refractivity contribution in [1.29, 1.82) is 0 Å². The van der Waals surface area contributed by atoms with Gasteiger partial charge in [-0.1, -0.05) is 0 Å². The van der Waals surface area contributed by atoms with Crippen LogP contribution in [0.5, 0.6) is 0 Å². The van der Waals surface area contributed by atoms with Gasteiger partial charge >= 0.3 is 5.97 Å². The molecule has 1 unspecified atom stereocenters. The molecule has 0 saturated heterocycles. The van der Waals surface area contributed by atoms with E-state index >= 15 is 0 Å². The monoisotopic (exact) mass is 295 g/mol. The molecule has 1 aromatic heterocycles. The minimum Gasteiger partial charge on any atom is -0.469 e. The van der Waals surface area contributed by atoms with Crippen molar-refractivity contribution in [2.45, 2.75) is 65.0 Å². The predicted molar refractivity (Wildman–Crippen MR) is 79.7 cm³/mol. The summed E-state index contributed by atoms with van der Waals surface area (Å²) >= 11 is 0. The molecule has 0 aliphatic heterocycles. The number of carbonyl (C=O) groups is 2. The maximum absolute atomic E-state index is 11.7. The summed E-state index contributed by atoms with van der Waals surface area (Å²) in [5, 5.41) is 2.87. The molecule has 1 heterocycles. The lowest BCUT2D eigenvalue weighted by molar-refractivity contribution is -0.155. The first-order valence-electron chi connectivity index (χ1n) is 7.30. The van der Waals surface area contributed by atoms with Crippen molar-refractivity contribution >= 4 is 11.9 Å². The van der Waals surface area contributed by atoms with Crippen LogP contribution >= 0.6 is 0 Å². The second kappa shape index (κ2) is 7.86. The molecule has 5 heteroatoms. The quantitative estimate of drug-likeness (QED) is 0.785. The zero-order valence-corrected chi connectivity index (χ0v) is 13.3. The molecule has 118 valence electrons. The fourth-order valence-corrected chi connectivity index (χ4v) is 1.84. The molecule has 0 aliphatic rings. The van der Waals surface area contributed by atoms with Gasteiger partial charge in [-0.05, 0) is 46.2 Å². The lowest BCUT2D eigenvalue weighted by Gasteiger charge is -2.19. The standard InChI is InChI=1S/C16H25NO4/c1-12(7-8-13-6-5-11-20-13)17-14(18)9-10-15(19)21-16(2,3)4/h5-6,11-12H,7-10H2,1-4H3,(H,17,18). The zero-order chi connectivity index (χ0) is 15.9. The van der Waals surface area contributed by atoms with E-state index in [0.717, 1.165) is 18.6 Å². The van der Waals surface area contributed by atoms with E-state index in [4.69, 9.17) is 9.15 Å². The number of carbonyl (C=O) groups excluding carboxylic acids is 2. The van der Waals surface area contributed by atoms with Gasteiger partial charge in [0.25, 0.3) is 0 Å². The number of hydrogen-bond acceptors (Lipinski definition) is 4. The maximum Gasteiger partial charge on any atom is 0.306 e. The Morgan fingerprint density at radius 2 is 2.05 bits per heavy atom. The van der Waals surface area contributed by atoms with Crippen LogP contribution in [0.25, 0.3) is 0 Å². The molecule has 0 fully saturated rings. The highest BCUT2D eigenvalue weighted by atomic mass is 16.6. The Morgan fingerprint density at radius 1 is 1.33 bits per heavy atom. The Kier molecular flexibility index (Phi) is 6.46. The summed E-state index contributed by atoms with van der Waals surface area (Å²) in [6, 6.07) is 3.80. The van der Waals surface area contributed by atoms with Crippen LogP contribution < -0.4 is 5.32 Å². The largest absolute Gasteiger partial charge is 0.469 e. The van der Waals surface area contributed by atoms with E-state index in [1.165, 1.54) is 0 Å². The van der Waals surface area contributed by atoms with Crippen molar-refractivity contribution in [2.75, 3.05) is 0 Å². The molecule has 0 bridgehead atoms. The number of amides is 1. The number of esters is 1. The van der Waals surface area contributed by atoms with Crippen LogP contribution in [0, 0.1) is 0 Å². The molecule has 0 spiro atoms. The summed E-state index contributed by atoms with van der Waals surface area (Å²) < 4.78 is 10.4. The zero-order valence-electron chi connectivity index (χ0n) is 13.3. The van der Waals surface area contributed by atoms with Crippen molar-refractivity contribution < 1.29 is 18.7 Å². The number of furan rings is 1. The highest BCUT2D eigenvalue weighted by molar-refractivity contribution is 5.81. The summed E-state index contributed by atoms with van der Waals surface area (Å²) in [6.07, 6.45) is 3.47. The van der Waals surface area contributed by atoms with Gasteiger partial charge in [-0.25, -0.2) is 0 Å². The van der Waals surface area contributed by atoms with Crippen molar-refractivity contribution in [1.82, 2.24) is 5.32 Å². The minimum absolute atomic E-state index is 0.0428. The van der Waals surface area contributed by atoms with Crippen LogP contribution in [0.4, 0.5) is 0 Å². The summed E-state index contributed by atoms with van der Waals surface area (Å²) in [7, 11) is 0. The summed E-state index contributed by atoms with van der Waals surface area (Å²) in [6.45, 7) is 7.36. The van der Waals surface area contributed by atoms with Crippen molar-refractivity contribution in [2.24, 2.45) is 0 Å². The topological polar surface area (TPSA) is 68.5 Å².